The predicted molar refractivity (Wildman–Crippen MR) is 97.5 cm³/mol. The van der Waals surface area contributed by atoms with Crippen LogP contribution in [-0.2, 0) is 9.53 Å². The summed E-state index contributed by atoms with van der Waals surface area (Å²) in [7, 11) is 0. The van der Waals surface area contributed by atoms with Crippen molar-refractivity contribution in [1.29, 1.82) is 0 Å². The molecule has 0 saturated carbocycles. The van der Waals surface area contributed by atoms with Gasteiger partial charge in [-0.2, -0.15) is 0 Å². The zero-order valence-corrected chi connectivity index (χ0v) is 14.9. The zero-order chi connectivity index (χ0) is 16.8. The number of nitrogens with zero attached hydrogens (tertiary/aromatic N) is 1. The van der Waals surface area contributed by atoms with Crippen LogP contribution in [0.1, 0.15) is 38.5 Å². The molecule has 132 valence electrons. The maximum absolute atomic E-state index is 12.1. The number of nitrogens with one attached hydrogen (secondary N) is 1. The van der Waals surface area contributed by atoms with Gasteiger partial charge in [0.1, 0.15) is 0 Å². The highest BCUT2D eigenvalue weighted by Gasteiger charge is 2.26. The van der Waals surface area contributed by atoms with E-state index in [2.05, 4.69) is 10.2 Å². The lowest BCUT2D eigenvalue weighted by molar-refractivity contribution is -0.116. The Morgan fingerprint density at radius 1 is 1.17 bits per heavy atom. The molecular formula is C19H27ClN2O2. The second-order valence-corrected chi connectivity index (χ2v) is 7.30. The molecule has 1 aromatic carbocycles. The lowest BCUT2D eigenvalue weighted by Crippen LogP contribution is -2.44. The van der Waals surface area contributed by atoms with E-state index in [9.17, 15) is 4.79 Å². The van der Waals surface area contributed by atoms with Gasteiger partial charge in [-0.3, -0.25) is 4.79 Å². The maximum Gasteiger partial charge on any atom is 0.224 e. The summed E-state index contributed by atoms with van der Waals surface area (Å²) in [6, 6.07) is 8.09. The van der Waals surface area contributed by atoms with E-state index in [1.165, 1.54) is 38.8 Å². The minimum absolute atomic E-state index is 0.0648. The second kappa shape index (κ2) is 8.84. The quantitative estimate of drug-likeness (QED) is 0.874. The molecule has 0 aromatic heterocycles. The molecule has 0 radical (unpaired) electrons. The van der Waals surface area contributed by atoms with Crippen LogP contribution in [0.3, 0.4) is 0 Å². The minimum Gasteiger partial charge on any atom is -0.381 e. The Morgan fingerprint density at radius 2 is 1.88 bits per heavy atom. The molecule has 0 atom stereocenters. The molecular weight excluding hydrogens is 324 g/mol. The molecule has 0 bridgehead atoms. The van der Waals surface area contributed by atoms with E-state index in [1.807, 2.05) is 18.2 Å². The van der Waals surface area contributed by atoms with Crippen molar-refractivity contribution in [2.45, 2.75) is 44.6 Å². The van der Waals surface area contributed by atoms with Crippen LogP contribution in [0, 0.1) is 5.92 Å². The first-order chi connectivity index (χ1) is 11.7. The molecule has 2 heterocycles. The van der Waals surface area contributed by atoms with Gasteiger partial charge in [0.05, 0.1) is 10.7 Å². The molecule has 5 heteroatoms. The lowest BCUT2D eigenvalue weighted by Gasteiger charge is -2.39. The zero-order valence-electron chi connectivity index (χ0n) is 14.2. The average molecular weight is 351 g/mol. The van der Waals surface area contributed by atoms with Crippen LogP contribution < -0.4 is 5.32 Å². The number of hydrogen-bond donors (Lipinski definition) is 1. The third-order valence-corrected chi connectivity index (χ3v) is 5.61. The van der Waals surface area contributed by atoms with Gasteiger partial charge in [0.2, 0.25) is 5.91 Å². The summed E-state index contributed by atoms with van der Waals surface area (Å²) in [5.74, 6) is 0.730. The lowest BCUT2D eigenvalue weighted by atomic mass is 9.90. The van der Waals surface area contributed by atoms with Gasteiger partial charge >= 0.3 is 0 Å². The van der Waals surface area contributed by atoms with Crippen LogP contribution in [0.15, 0.2) is 24.3 Å². The van der Waals surface area contributed by atoms with Crippen molar-refractivity contribution in [3.8, 4) is 0 Å². The number of amides is 1. The van der Waals surface area contributed by atoms with Gasteiger partial charge in [-0.25, -0.2) is 0 Å². The molecule has 24 heavy (non-hydrogen) atoms. The summed E-state index contributed by atoms with van der Waals surface area (Å²) in [4.78, 5) is 14.8. The molecule has 1 aromatic rings. The van der Waals surface area contributed by atoms with Crippen molar-refractivity contribution in [2.24, 2.45) is 5.92 Å². The largest absolute Gasteiger partial charge is 0.381 e. The number of hydrogen-bond acceptors (Lipinski definition) is 3. The van der Waals surface area contributed by atoms with E-state index in [0.29, 0.717) is 29.1 Å². The summed E-state index contributed by atoms with van der Waals surface area (Å²) < 4.78 is 5.45. The number of halogens is 1. The molecule has 2 aliphatic heterocycles. The van der Waals surface area contributed by atoms with Crippen molar-refractivity contribution in [2.75, 3.05) is 31.6 Å². The van der Waals surface area contributed by atoms with Crippen molar-refractivity contribution >= 4 is 23.2 Å². The number of benzene rings is 1. The van der Waals surface area contributed by atoms with Gasteiger partial charge < -0.3 is 15.0 Å². The fourth-order valence-corrected chi connectivity index (χ4v) is 3.95. The van der Waals surface area contributed by atoms with E-state index in [-0.39, 0.29) is 5.91 Å². The Kier molecular flexibility index (Phi) is 6.52. The molecule has 4 nitrogen and oxygen atoms in total. The molecule has 0 aliphatic carbocycles. The van der Waals surface area contributed by atoms with E-state index < -0.39 is 0 Å². The summed E-state index contributed by atoms with van der Waals surface area (Å²) >= 11 is 6.08. The minimum atomic E-state index is 0.0648. The first-order valence-corrected chi connectivity index (χ1v) is 9.46. The molecule has 0 unspecified atom stereocenters. The number of anilines is 1. The van der Waals surface area contributed by atoms with E-state index >= 15 is 0 Å². The fraction of sp³-hybridized carbons (Fsp3) is 0.632. The van der Waals surface area contributed by atoms with Gasteiger partial charge in [-0.15, -0.1) is 0 Å². The number of likely N-dealkylation sites (tertiary alicyclic amines) is 1. The Hall–Kier alpha value is -1.10. The Balaban J connectivity index is 1.37. The van der Waals surface area contributed by atoms with E-state index in [1.54, 1.807) is 6.07 Å². The summed E-state index contributed by atoms with van der Waals surface area (Å²) in [5.41, 5.74) is 0.707. The van der Waals surface area contributed by atoms with Crippen LogP contribution in [0.4, 0.5) is 5.69 Å². The second-order valence-electron chi connectivity index (χ2n) is 6.89. The average Bonchev–Trinajstić information content (AvgIpc) is 2.63. The number of carbonyl (C=O) groups excluding carboxylic acids is 1. The Morgan fingerprint density at radius 3 is 2.58 bits per heavy atom. The summed E-state index contributed by atoms with van der Waals surface area (Å²) in [6.45, 7) is 4.16. The number of rotatable bonds is 5. The van der Waals surface area contributed by atoms with Crippen LogP contribution in [0.5, 0.6) is 0 Å². The number of ether oxygens (including phenoxy) is 1. The van der Waals surface area contributed by atoms with Crippen LogP contribution in [0.2, 0.25) is 5.02 Å². The number of carbonyl (C=O) groups is 1. The normalized spacial score (nSPS) is 20.9. The van der Waals surface area contributed by atoms with Crippen LogP contribution in [0.25, 0.3) is 0 Å². The Bertz CT molecular complexity index is 538. The predicted octanol–water partition coefficient (Wildman–Crippen LogP) is 3.95. The van der Waals surface area contributed by atoms with E-state index in [0.717, 1.165) is 19.6 Å². The monoisotopic (exact) mass is 350 g/mol. The van der Waals surface area contributed by atoms with Gasteiger partial charge in [-0.1, -0.05) is 23.7 Å². The van der Waals surface area contributed by atoms with Gasteiger partial charge in [0.25, 0.3) is 0 Å². The van der Waals surface area contributed by atoms with Crippen LogP contribution in [-0.4, -0.2) is 43.2 Å². The van der Waals surface area contributed by atoms with Crippen molar-refractivity contribution in [3.63, 3.8) is 0 Å². The molecule has 1 amide bonds. The SMILES string of the molecule is O=C(CCC1CCN(C2CCOCC2)CC1)Nc1ccccc1Cl. The van der Waals surface area contributed by atoms with E-state index in [4.69, 9.17) is 16.3 Å². The fourth-order valence-electron chi connectivity index (χ4n) is 3.77. The van der Waals surface area contributed by atoms with Crippen molar-refractivity contribution < 1.29 is 9.53 Å². The van der Waals surface area contributed by atoms with Crippen molar-refractivity contribution in [1.82, 2.24) is 4.90 Å². The number of piperidine rings is 1. The smallest absolute Gasteiger partial charge is 0.224 e. The molecule has 1 N–H and O–H groups in total. The third kappa shape index (κ3) is 4.95. The number of para-hydroxylation sites is 1. The topological polar surface area (TPSA) is 41.6 Å². The third-order valence-electron chi connectivity index (χ3n) is 5.28. The standard InChI is InChI=1S/C19H27ClN2O2/c20-17-3-1-2-4-18(17)21-19(23)6-5-15-7-11-22(12-8-15)16-9-13-24-14-10-16/h1-4,15-16H,5-14H2,(H,21,23). The van der Waals surface area contributed by atoms with Crippen LogP contribution >= 0.6 is 11.6 Å². The molecule has 3 rings (SSSR count). The molecule has 2 aliphatic rings. The van der Waals surface area contributed by atoms with Gasteiger partial charge in [0.15, 0.2) is 0 Å². The summed E-state index contributed by atoms with van der Waals surface area (Å²) in [6.07, 6.45) is 6.30. The molecule has 2 saturated heterocycles. The molecule has 0 spiro atoms. The first-order valence-electron chi connectivity index (χ1n) is 9.08. The first kappa shape index (κ1) is 17.7. The highest BCUT2D eigenvalue weighted by molar-refractivity contribution is 6.33. The van der Waals surface area contributed by atoms with Gasteiger partial charge in [0, 0.05) is 25.7 Å². The van der Waals surface area contributed by atoms with Gasteiger partial charge in [-0.05, 0) is 63.2 Å². The van der Waals surface area contributed by atoms with Crippen molar-refractivity contribution in [3.05, 3.63) is 29.3 Å². The highest BCUT2D eigenvalue weighted by atomic mass is 35.5. The summed E-state index contributed by atoms with van der Waals surface area (Å²) in [5, 5.41) is 3.51. The molecule has 2 fully saturated rings. The maximum atomic E-state index is 12.1. The highest BCUT2D eigenvalue weighted by Crippen LogP contribution is 2.26. The Labute approximate surface area is 149 Å².